The Balaban J connectivity index is 2.14. The Hall–Kier alpha value is -2.47. The zero-order valence-electron chi connectivity index (χ0n) is 15.4. The Morgan fingerprint density at radius 2 is 1.85 bits per heavy atom. The lowest BCUT2D eigenvalue weighted by atomic mass is 10.2. The van der Waals surface area contributed by atoms with Crippen LogP contribution in [-0.2, 0) is 9.53 Å². The summed E-state index contributed by atoms with van der Waals surface area (Å²) in [5.41, 5.74) is 1.07. The first kappa shape index (κ1) is 19.8. The van der Waals surface area contributed by atoms with Gasteiger partial charge in [0.05, 0.1) is 7.11 Å². The average molecular weight is 373 g/mol. The summed E-state index contributed by atoms with van der Waals surface area (Å²) in [6.07, 6.45) is 1.03. The molecule has 0 unspecified atom stereocenters. The van der Waals surface area contributed by atoms with Crippen LogP contribution in [0.2, 0.25) is 0 Å². The number of benzene rings is 2. The van der Waals surface area contributed by atoms with Crippen LogP contribution in [0.15, 0.2) is 53.4 Å². The molecule has 0 saturated heterocycles. The van der Waals surface area contributed by atoms with E-state index in [0.29, 0.717) is 17.9 Å². The van der Waals surface area contributed by atoms with E-state index in [1.54, 1.807) is 35.7 Å². The van der Waals surface area contributed by atoms with Gasteiger partial charge in [-0.05, 0) is 50.4 Å². The van der Waals surface area contributed by atoms with Crippen LogP contribution < -0.4 is 9.64 Å². The van der Waals surface area contributed by atoms with Gasteiger partial charge in [0, 0.05) is 17.1 Å². The number of methoxy groups -OCH3 is 1. The molecule has 6 heteroatoms. The second kappa shape index (κ2) is 9.29. The Morgan fingerprint density at radius 3 is 2.42 bits per heavy atom. The second-order valence-corrected chi connectivity index (χ2v) is 6.41. The number of hydrogen-bond donors (Lipinski definition) is 0. The maximum atomic E-state index is 12.7. The number of para-hydroxylation sites is 1. The Labute approximate surface area is 158 Å². The van der Waals surface area contributed by atoms with Gasteiger partial charge in [0.25, 0.3) is 5.91 Å². The third-order valence-corrected chi connectivity index (χ3v) is 4.64. The van der Waals surface area contributed by atoms with E-state index in [0.717, 1.165) is 10.6 Å². The van der Waals surface area contributed by atoms with Crippen molar-refractivity contribution >= 4 is 29.3 Å². The Morgan fingerprint density at radius 1 is 1.15 bits per heavy atom. The van der Waals surface area contributed by atoms with Gasteiger partial charge in [-0.3, -0.25) is 4.79 Å². The minimum absolute atomic E-state index is 0.272. The molecule has 138 valence electrons. The standard InChI is InChI=1S/C20H23NO4S/c1-5-21(15-9-7-6-8-10-15)19(22)14(2)25-20(23)17-12-11-16(26-4)13-18(17)24-3/h6-14H,5H2,1-4H3/t14-/m0/s1. The molecule has 0 heterocycles. The zero-order valence-corrected chi connectivity index (χ0v) is 16.2. The fraction of sp³-hybridized carbons (Fsp3) is 0.300. The van der Waals surface area contributed by atoms with Crippen molar-refractivity contribution in [3.05, 3.63) is 54.1 Å². The predicted molar refractivity (Wildman–Crippen MR) is 104 cm³/mol. The minimum atomic E-state index is -0.910. The van der Waals surface area contributed by atoms with Gasteiger partial charge in [0.2, 0.25) is 0 Å². The summed E-state index contributed by atoms with van der Waals surface area (Å²) in [5, 5.41) is 0. The van der Waals surface area contributed by atoms with Crippen LogP contribution in [0.5, 0.6) is 5.75 Å². The van der Waals surface area contributed by atoms with Crippen LogP contribution in [0.25, 0.3) is 0 Å². The molecule has 0 spiro atoms. The second-order valence-electron chi connectivity index (χ2n) is 5.53. The van der Waals surface area contributed by atoms with Gasteiger partial charge in [0.1, 0.15) is 11.3 Å². The summed E-state index contributed by atoms with van der Waals surface area (Å²) in [7, 11) is 1.50. The summed E-state index contributed by atoms with van der Waals surface area (Å²) in [6, 6.07) is 14.5. The number of likely N-dealkylation sites (N-methyl/N-ethyl adjacent to an activating group) is 1. The van der Waals surface area contributed by atoms with Crippen LogP contribution in [-0.4, -0.2) is 37.9 Å². The van der Waals surface area contributed by atoms with Gasteiger partial charge in [0.15, 0.2) is 6.10 Å². The first-order chi connectivity index (χ1) is 12.5. The van der Waals surface area contributed by atoms with Crippen molar-refractivity contribution in [1.82, 2.24) is 0 Å². The van der Waals surface area contributed by atoms with Gasteiger partial charge >= 0.3 is 5.97 Å². The van der Waals surface area contributed by atoms with Crippen LogP contribution in [0.3, 0.4) is 0 Å². The fourth-order valence-electron chi connectivity index (χ4n) is 2.53. The van der Waals surface area contributed by atoms with Gasteiger partial charge < -0.3 is 14.4 Å². The zero-order chi connectivity index (χ0) is 19.1. The predicted octanol–water partition coefficient (Wildman–Crippen LogP) is 4.02. The maximum absolute atomic E-state index is 12.7. The molecule has 5 nitrogen and oxygen atoms in total. The van der Waals surface area contributed by atoms with Crippen molar-refractivity contribution < 1.29 is 19.1 Å². The fourth-order valence-corrected chi connectivity index (χ4v) is 2.96. The number of carbonyl (C=O) groups is 2. The van der Waals surface area contributed by atoms with Crippen LogP contribution in [0, 0.1) is 0 Å². The van der Waals surface area contributed by atoms with E-state index in [4.69, 9.17) is 9.47 Å². The van der Waals surface area contributed by atoms with Crippen LogP contribution >= 0.6 is 11.8 Å². The molecule has 0 aliphatic carbocycles. The summed E-state index contributed by atoms with van der Waals surface area (Å²) in [6.45, 7) is 3.94. The first-order valence-electron chi connectivity index (χ1n) is 8.31. The highest BCUT2D eigenvalue weighted by molar-refractivity contribution is 7.98. The lowest BCUT2D eigenvalue weighted by Gasteiger charge is -2.24. The van der Waals surface area contributed by atoms with E-state index in [1.807, 2.05) is 49.6 Å². The van der Waals surface area contributed by atoms with Gasteiger partial charge in [-0.1, -0.05) is 18.2 Å². The van der Waals surface area contributed by atoms with E-state index in [-0.39, 0.29) is 5.91 Å². The van der Waals surface area contributed by atoms with E-state index >= 15 is 0 Å². The third kappa shape index (κ3) is 4.58. The van der Waals surface area contributed by atoms with Gasteiger partial charge in [-0.2, -0.15) is 0 Å². The van der Waals surface area contributed by atoms with Crippen molar-refractivity contribution in [3.8, 4) is 5.75 Å². The number of amides is 1. The highest BCUT2D eigenvalue weighted by Gasteiger charge is 2.25. The number of rotatable bonds is 7. The SMILES string of the molecule is CCN(C(=O)[C@H](C)OC(=O)c1ccc(SC)cc1OC)c1ccccc1. The highest BCUT2D eigenvalue weighted by Crippen LogP contribution is 2.26. The molecule has 2 aromatic rings. The number of thioether (sulfide) groups is 1. The number of ether oxygens (including phenoxy) is 2. The molecular formula is C20H23NO4S. The van der Waals surface area contributed by atoms with Gasteiger partial charge in [-0.25, -0.2) is 4.79 Å². The summed E-state index contributed by atoms with van der Waals surface area (Å²) >= 11 is 1.55. The molecule has 1 atom stereocenters. The molecule has 2 aromatic carbocycles. The lowest BCUT2D eigenvalue weighted by molar-refractivity contribution is -0.126. The average Bonchev–Trinajstić information content (AvgIpc) is 2.68. The monoisotopic (exact) mass is 373 g/mol. The van der Waals surface area contributed by atoms with E-state index < -0.39 is 12.1 Å². The van der Waals surface area contributed by atoms with E-state index in [2.05, 4.69) is 0 Å². The maximum Gasteiger partial charge on any atom is 0.342 e. The van der Waals surface area contributed by atoms with Crippen LogP contribution in [0.1, 0.15) is 24.2 Å². The number of hydrogen-bond acceptors (Lipinski definition) is 5. The third-order valence-electron chi connectivity index (χ3n) is 3.91. The van der Waals surface area contributed by atoms with Crippen molar-refractivity contribution in [1.29, 1.82) is 0 Å². The lowest BCUT2D eigenvalue weighted by Crippen LogP contribution is -2.40. The quantitative estimate of drug-likeness (QED) is 0.542. The summed E-state index contributed by atoms with van der Waals surface area (Å²) in [5.74, 6) is -0.428. The molecule has 0 saturated carbocycles. The number of carbonyl (C=O) groups excluding carboxylic acids is 2. The van der Waals surface area contributed by atoms with Crippen LogP contribution in [0.4, 0.5) is 5.69 Å². The molecule has 0 bridgehead atoms. The number of esters is 1. The number of nitrogens with zero attached hydrogens (tertiary/aromatic N) is 1. The summed E-state index contributed by atoms with van der Waals surface area (Å²) < 4.78 is 10.7. The molecule has 0 N–H and O–H groups in total. The smallest absolute Gasteiger partial charge is 0.342 e. The van der Waals surface area contributed by atoms with Crippen molar-refractivity contribution in [2.75, 3.05) is 24.8 Å². The van der Waals surface area contributed by atoms with Crippen molar-refractivity contribution in [3.63, 3.8) is 0 Å². The molecule has 1 amide bonds. The highest BCUT2D eigenvalue weighted by atomic mass is 32.2. The molecule has 0 aromatic heterocycles. The van der Waals surface area contributed by atoms with E-state index in [9.17, 15) is 9.59 Å². The number of anilines is 1. The van der Waals surface area contributed by atoms with Crippen molar-refractivity contribution in [2.45, 2.75) is 24.8 Å². The van der Waals surface area contributed by atoms with Crippen molar-refractivity contribution in [2.24, 2.45) is 0 Å². The molecular weight excluding hydrogens is 350 g/mol. The first-order valence-corrected chi connectivity index (χ1v) is 9.53. The molecule has 0 aliphatic rings. The molecule has 0 aliphatic heterocycles. The van der Waals surface area contributed by atoms with Gasteiger partial charge in [-0.15, -0.1) is 11.8 Å². The Bertz CT molecular complexity index is 764. The topological polar surface area (TPSA) is 55.8 Å². The van der Waals surface area contributed by atoms with E-state index in [1.165, 1.54) is 7.11 Å². The minimum Gasteiger partial charge on any atom is -0.496 e. The normalized spacial score (nSPS) is 11.5. The molecule has 26 heavy (non-hydrogen) atoms. The molecule has 0 fully saturated rings. The molecule has 2 rings (SSSR count). The molecule has 0 radical (unpaired) electrons. The summed E-state index contributed by atoms with van der Waals surface area (Å²) in [4.78, 5) is 27.8. The Kier molecular flexibility index (Phi) is 7.09. The largest absolute Gasteiger partial charge is 0.496 e.